The summed E-state index contributed by atoms with van der Waals surface area (Å²) in [4.78, 5) is 30.0. The predicted molar refractivity (Wildman–Crippen MR) is 150 cm³/mol. The van der Waals surface area contributed by atoms with Crippen LogP contribution in [0.4, 0.5) is 4.39 Å². The molecule has 0 spiro atoms. The number of nitrogens with one attached hydrogen (secondary N) is 1. The van der Waals surface area contributed by atoms with Gasteiger partial charge >= 0.3 is 5.97 Å². The Morgan fingerprint density at radius 2 is 1.70 bits per heavy atom. The van der Waals surface area contributed by atoms with Crippen molar-refractivity contribution in [2.45, 2.75) is 19.1 Å². The molecule has 0 radical (unpaired) electrons. The zero-order valence-corrected chi connectivity index (χ0v) is 22.3. The van der Waals surface area contributed by atoms with E-state index in [4.69, 9.17) is 21.1 Å². The molecule has 2 heterocycles. The third kappa shape index (κ3) is 6.47. The number of benzene rings is 3. The van der Waals surface area contributed by atoms with Crippen LogP contribution in [-0.4, -0.2) is 34.4 Å². The molecule has 1 N–H and O–H groups in total. The second-order valence-corrected chi connectivity index (χ2v) is 9.57. The molecule has 202 valence electrons. The summed E-state index contributed by atoms with van der Waals surface area (Å²) in [7, 11) is 1.27. The smallest absolute Gasteiger partial charge is 0.328 e. The number of hydrogen-bond donors (Lipinski definition) is 1. The molecule has 0 fully saturated rings. The molecule has 0 aliphatic heterocycles. The fourth-order valence-corrected chi connectivity index (χ4v) is 4.36. The van der Waals surface area contributed by atoms with Crippen LogP contribution in [0.25, 0.3) is 16.8 Å². The van der Waals surface area contributed by atoms with Crippen LogP contribution in [0, 0.1) is 5.82 Å². The Morgan fingerprint density at radius 3 is 2.42 bits per heavy atom. The van der Waals surface area contributed by atoms with E-state index < -0.39 is 17.9 Å². The maximum Gasteiger partial charge on any atom is 0.328 e. The summed E-state index contributed by atoms with van der Waals surface area (Å²) in [6, 6.07) is 23.6. The van der Waals surface area contributed by atoms with Crippen LogP contribution < -0.4 is 10.1 Å². The normalized spacial score (nSPS) is 11.7. The molecule has 5 aromatic rings. The van der Waals surface area contributed by atoms with Gasteiger partial charge in [0.25, 0.3) is 5.91 Å². The molecule has 0 saturated heterocycles. The molecule has 0 unspecified atom stereocenters. The highest BCUT2D eigenvalue weighted by molar-refractivity contribution is 6.30. The first kappa shape index (κ1) is 26.9. The van der Waals surface area contributed by atoms with E-state index in [0.717, 1.165) is 16.7 Å². The topological polar surface area (TPSA) is 81.9 Å². The lowest BCUT2D eigenvalue weighted by molar-refractivity contribution is -0.142. The molecule has 0 bridgehead atoms. The Bertz CT molecular complexity index is 1650. The van der Waals surface area contributed by atoms with Gasteiger partial charge in [-0.15, -0.1) is 0 Å². The van der Waals surface area contributed by atoms with E-state index >= 15 is 0 Å². The number of esters is 1. The van der Waals surface area contributed by atoms with E-state index in [1.807, 2.05) is 42.6 Å². The van der Waals surface area contributed by atoms with Crippen LogP contribution in [0.15, 0.2) is 97.3 Å². The summed E-state index contributed by atoms with van der Waals surface area (Å²) < 4.78 is 25.8. The molecule has 0 saturated carbocycles. The number of halogens is 2. The highest BCUT2D eigenvalue weighted by Gasteiger charge is 2.24. The number of imidazole rings is 1. The lowest BCUT2D eigenvalue weighted by atomic mass is 10.1. The summed E-state index contributed by atoms with van der Waals surface area (Å²) in [6.45, 7) is 0.220. The van der Waals surface area contributed by atoms with E-state index in [2.05, 4.69) is 10.3 Å². The quantitative estimate of drug-likeness (QED) is 0.229. The standard InChI is InChI=1S/C31H25ClFN3O4/c1-39-31(38)27(16-20-5-12-26(13-6-20)40-19-21-3-2-4-25(33)15-21)35-30(37)28-18-36-17-23(9-14-29(36)34-28)22-7-10-24(32)11-8-22/h2-15,17-18,27H,16,19H2,1H3,(H,35,37)/t27-/m0/s1. The number of ether oxygens (including phenoxy) is 2. The lowest BCUT2D eigenvalue weighted by Crippen LogP contribution is -2.43. The molecular formula is C31H25ClFN3O4. The Labute approximate surface area is 235 Å². The van der Waals surface area contributed by atoms with Gasteiger partial charge in [0.05, 0.1) is 7.11 Å². The first-order valence-electron chi connectivity index (χ1n) is 12.5. The average molecular weight is 558 g/mol. The SMILES string of the molecule is COC(=O)[C@H](Cc1ccc(OCc2cccc(F)c2)cc1)NC(=O)c1cn2cc(-c3ccc(Cl)cc3)ccc2n1. The molecule has 40 heavy (non-hydrogen) atoms. The maximum absolute atomic E-state index is 13.4. The van der Waals surface area contributed by atoms with Crippen LogP contribution in [0.5, 0.6) is 5.75 Å². The van der Waals surface area contributed by atoms with Crippen LogP contribution >= 0.6 is 11.6 Å². The monoisotopic (exact) mass is 557 g/mol. The Kier molecular flexibility index (Phi) is 8.07. The van der Waals surface area contributed by atoms with Gasteiger partial charge in [-0.2, -0.15) is 0 Å². The van der Waals surface area contributed by atoms with Crippen molar-refractivity contribution in [3.8, 4) is 16.9 Å². The minimum Gasteiger partial charge on any atom is -0.489 e. The van der Waals surface area contributed by atoms with Crippen molar-refractivity contribution >= 4 is 29.1 Å². The largest absolute Gasteiger partial charge is 0.489 e. The molecule has 5 rings (SSSR count). The number of pyridine rings is 1. The van der Waals surface area contributed by atoms with Gasteiger partial charge in [-0.25, -0.2) is 14.2 Å². The van der Waals surface area contributed by atoms with E-state index in [0.29, 0.717) is 22.0 Å². The zero-order chi connectivity index (χ0) is 28.1. The lowest BCUT2D eigenvalue weighted by Gasteiger charge is -2.16. The summed E-state index contributed by atoms with van der Waals surface area (Å²) in [5.41, 5.74) is 4.17. The number of hydrogen-bond acceptors (Lipinski definition) is 5. The summed E-state index contributed by atoms with van der Waals surface area (Å²) in [6.07, 6.45) is 3.69. The highest BCUT2D eigenvalue weighted by atomic mass is 35.5. The van der Waals surface area contributed by atoms with Crippen molar-refractivity contribution in [3.63, 3.8) is 0 Å². The maximum atomic E-state index is 13.4. The van der Waals surface area contributed by atoms with Crippen molar-refractivity contribution < 1.29 is 23.5 Å². The zero-order valence-electron chi connectivity index (χ0n) is 21.5. The summed E-state index contributed by atoms with van der Waals surface area (Å²) >= 11 is 5.99. The van der Waals surface area contributed by atoms with E-state index in [9.17, 15) is 14.0 Å². The van der Waals surface area contributed by atoms with Gasteiger partial charge in [0.1, 0.15) is 35.6 Å². The first-order valence-corrected chi connectivity index (χ1v) is 12.9. The molecule has 0 aliphatic rings. The number of amides is 1. The Balaban J connectivity index is 1.25. The minimum atomic E-state index is -0.925. The molecule has 0 aliphatic carbocycles. The first-order chi connectivity index (χ1) is 19.4. The van der Waals surface area contributed by atoms with Crippen LogP contribution in [-0.2, 0) is 22.6 Å². The van der Waals surface area contributed by atoms with E-state index in [-0.39, 0.29) is 24.5 Å². The molecular weight excluding hydrogens is 533 g/mol. The molecule has 3 aromatic carbocycles. The van der Waals surface area contributed by atoms with Gasteiger partial charge in [-0.3, -0.25) is 4.79 Å². The third-order valence-electron chi connectivity index (χ3n) is 6.31. The second kappa shape index (κ2) is 12.0. The van der Waals surface area contributed by atoms with Crippen molar-refractivity contribution in [2.75, 3.05) is 7.11 Å². The van der Waals surface area contributed by atoms with Crippen molar-refractivity contribution in [1.29, 1.82) is 0 Å². The number of carbonyl (C=O) groups is 2. The van der Waals surface area contributed by atoms with E-state index in [1.54, 1.807) is 47.0 Å². The third-order valence-corrected chi connectivity index (χ3v) is 6.56. The fraction of sp³-hybridized carbons (Fsp3) is 0.129. The number of aromatic nitrogens is 2. The Morgan fingerprint density at radius 1 is 0.950 bits per heavy atom. The van der Waals surface area contributed by atoms with Gasteiger partial charge in [0, 0.05) is 23.8 Å². The number of rotatable bonds is 9. The van der Waals surface area contributed by atoms with E-state index in [1.165, 1.54) is 19.2 Å². The number of fused-ring (bicyclic) bond motifs is 1. The number of methoxy groups -OCH3 is 1. The van der Waals surface area contributed by atoms with Crippen LogP contribution in [0.1, 0.15) is 21.6 Å². The van der Waals surface area contributed by atoms with Gasteiger partial charge in [-0.05, 0) is 70.8 Å². The van der Waals surface area contributed by atoms with Crippen molar-refractivity contribution in [1.82, 2.24) is 14.7 Å². The van der Waals surface area contributed by atoms with Gasteiger partial charge in [0.15, 0.2) is 0 Å². The van der Waals surface area contributed by atoms with Gasteiger partial charge in [0.2, 0.25) is 0 Å². The fourth-order valence-electron chi connectivity index (χ4n) is 4.23. The Hall–Kier alpha value is -4.69. The van der Waals surface area contributed by atoms with Gasteiger partial charge in [-0.1, -0.05) is 48.0 Å². The van der Waals surface area contributed by atoms with Crippen LogP contribution in [0.3, 0.4) is 0 Å². The summed E-state index contributed by atoms with van der Waals surface area (Å²) in [5, 5.41) is 3.39. The second-order valence-electron chi connectivity index (χ2n) is 9.13. The molecule has 1 atom stereocenters. The summed E-state index contributed by atoms with van der Waals surface area (Å²) in [5.74, 6) is -0.802. The molecule has 7 nitrogen and oxygen atoms in total. The van der Waals surface area contributed by atoms with Crippen LogP contribution in [0.2, 0.25) is 5.02 Å². The molecule has 1 amide bonds. The average Bonchev–Trinajstić information content (AvgIpc) is 3.40. The van der Waals surface area contributed by atoms with Crippen molar-refractivity contribution in [3.05, 3.63) is 125 Å². The van der Waals surface area contributed by atoms with Gasteiger partial charge < -0.3 is 19.2 Å². The van der Waals surface area contributed by atoms with Crippen molar-refractivity contribution in [2.24, 2.45) is 0 Å². The minimum absolute atomic E-state index is 0.170. The predicted octanol–water partition coefficient (Wildman–Crippen LogP) is 5.89. The molecule has 9 heteroatoms. The number of carbonyl (C=O) groups excluding carboxylic acids is 2. The number of nitrogens with zero attached hydrogens (tertiary/aromatic N) is 2. The highest BCUT2D eigenvalue weighted by Crippen LogP contribution is 2.22. The molecule has 2 aromatic heterocycles.